The molecule has 0 rings (SSSR count). The Morgan fingerprint density at radius 2 is 1.76 bits per heavy atom. The summed E-state index contributed by atoms with van der Waals surface area (Å²) in [5, 5.41) is 21.0. The van der Waals surface area contributed by atoms with E-state index in [1.807, 2.05) is 46.8 Å². The molecule has 0 bridgehead atoms. The van der Waals surface area contributed by atoms with Gasteiger partial charge in [-0.25, -0.2) is 0 Å². The highest BCUT2D eigenvalue weighted by molar-refractivity contribution is 7.80. The van der Waals surface area contributed by atoms with Gasteiger partial charge in [0.05, 0.1) is 31.8 Å². The number of hydrogen-bond donors (Lipinski definition) is 4. The summed E-state index contributed by atoms with van der Waals surface area (Å²) in [6, 6.07) is 0. The van der Waals surface area contributed by atoms with E-state index in [2.05, 4.69) is 31.8 Å². The van der Waals surface area contributed by atoms with Crippen molar-refractivity contribution in [2.24, 2.45) is 17.8 Å². The quantitative estimate of drug-likeness (QED) is 0.0411. The largest absolute Gasteiger partial charge is 0.481 e. The molecule has 3 atom stereocenters. The summed E-state index contributed by atoms with van der Waals surface area (Å²) in [4.78, 5) is 49.7. The normalized spacial score (nSPS) is 14.5. The third kappa shape index (κ3) is 22.3. The number of aldehydes is 1. The van der Waals surface area contributed by atoms with Crippen molar-refractivity contribution in [1.82, 2.24) is 10.2 Å². The van der Waals surface area contributed by atoms with Crippen LogP contribution in [0.4, 0.5) is 0 Å². The van der Waals surface area contributed by atoms with Gasteiger partial charge < -0.3 is 34.7 Å². The van der Waals surface area contributed by atoms with E-state index < -0.39 is 5.97 Å². The van der Waals surface area contributed by atoms with Crippen molar-refractivity contribution < 1.29 is 38.9 Å². The van der Waals surface area contributed by atoms with Crippen LogP contribution in [0.15, 0.2) is 23.4 Å². The van der Waals surface area contributed by atoms with Crippen LogP contribution in [0.3, 0.4) is 0 Å². The minimum absolute atomic E-state index is 0.0164. The Balaban J connectivity index is 0. The molecule has 0 saturated heterocycles. The predicted octanol–water partition coefficient (Wildman–Crippen LogP) is 5.83. The Bertz CT molecular complexity index is 910. The molecule has 3 N–H and O–H groups in total. The number of nitrogens with one attached hydrogen (secondary N) is 1. The molecule has 0 aromatic heterocycles. The van der Waals surface area contributed by atoms with E-state index in [-0.39, 0.29) is 55.2 Å². The van der Waals surface area contributed by atoms with E-state index in [4.69, 9.17) is 14.6 Å². The lowest BCUT2D eigenvalue weighted by Crippen LogP contribution is -2.39. The van der Waals surface area contributed by atoms with Gasteiger partial charge in [0, 0.05) is 44.1 Å². The number of carboxylic acid groups (broad SMARTS) is 1. The lowest BCUT2D eigenvalue weighted by Gasteiger charge is -2.25. The number of unbranched alkanes of at least 4 members (excludes halogenated alkanes) is 1. The summed E-state index contributed by atoms with van der Waals surface area (Å²) in [5.74, 6) is -0.501. The van der Waals surface area contributed by atoms with Crippen molar-refractivity contribution in [3.63, 3.8) is 0 Å². The molecule has 10 nitrogen and oxygen atoms in total. The number of carbonyl (C=O) groups is 4. The number of aliphatic hydroxyl groups excluding tert-OH is 1. The smallest absolute Gasteiger partial charge is 0.307 e. The number of thiol groups is 1. The molecule has 11 heteroatoms. The van der Waals surface area contributed by atoms with Crippen molar-refractivity contribution in [2.45, 2.75) is 112 Å². The first-order valence-electron chi connectivity index (χ1n) is 16.8. The SMILES string of the molecule is CC/C=C(CC(=O)O)\C(=C/C(C)COCCC(C)C)NC(=O)CCCCN(CC=O)C(=O)C(CS)CCC.CCC(C)(CO)OC. The van der Waals surface area contributed by atoms with Crippen molar-refractivity contribution in [1.29, 1.82) is 0 Å². The zero-order valence-electron chi connectivity index (χ0n) is 29.8. The van der Waals surface area contributed by atoms with Crippen LogP contribution < -0.4 is 5.32 Å². The molecule has 3 unspecified atom stereocenters. The van der Waals surface area contributed by atoms with Crippen LogP contribution in [0.1, 0.15) is 106 Å². The lowest BCUT2D eigenvalue weighted by molar-refractivity contribution is -0.137. The van der Waals surface area contributed by atoms with Crippen molar-refractivity contribution in [2.75, 3.05) is 45.8 Å². The Labute approximate surface area is 284 Å². The van der Waals surface area contributed by atoms with Crippen molar-refractivity contribution in [3.8, 4) is 0 Å². The minimum atomic E-state index is -0.965. The van der Waals surface area contributed by atoms with E-state index in [0.717, 1.165) is 32.0 Å². The second-order valence-corrected chi connectivity index (χ2v) is 12.7. The first-order chi connectivity index (χ1) is 21.8. The number of aliphatic carboxylic acids is 1. The molecule has 268 valence electrons. The molecule has 0 heterocycles. The Hall–Kier alpha value is -2.21. The second-order valence-electron chi connectivity index (χ2n) is 12.3. The summed E-state index contributed by atoms with van der Waals surface area (Å²) in [7, 11) is 1.61. The van der Waals surface area contributed by atoms with Crippen molar-refractivity contribution >= 4 is 36.7 Å². The fraction of sp³-hybridized carbons (Fsp3) is 0.771. The number of methoxy groups -OCH3 is 1. The third-order valence-corrected chi connectivity index (χ3v) is 7.99. The van der Waals surface area contributed by atoms with Crippen LogP contribution in [-0.2, 0) is 28.7 Å². The number of allylic oxidation sites excluding steroid dienone is 2. The number of ether oxygens (including phenoxy) is 2. The summed E-state index contributed by atoms with van der Waals surface area (Å²) >= 11 is 4.28. The maximum atomic E-state index is 12.8. The molecule has 0 radical (unpaired) electrons. The molecule has 0 aliphatic rings. The molecule has 0 aromatic rings. The number of amides is 2. The molecular weight excluding hydrogens is 608 g/mol. The lowest BCUT2D eigenvalue weighted by atomic mass is 10.0. The van der Waals surface area contributed by atoms with E-state index in [9.17, 15) is 24.3 Å². The average Bonchev–Trinajstić information content (AvgIpc) is 3.02. The van der Waals surface area contributed by atoms with Gasteiger partial charge in [-0.05, 0) is 62.9 Å². The van der Waals surface area contributed by atoms with Gasteiger partial charge in [-0.3, -0.25) is 14.4 Å². The number of aliphatic hydroxyl groups is 1. The van der Waals surface area contributed by atoms with Gasteiger partial charge in [-0.2, -0.15) is 12.6 Å². The van der Waals surface area contributed by atoms with Crippen LogP contribution in [-0.4, -0.2) is 90.6 Å². The molecule has 2 amide bonds. The van der Waals surface area contributed by atoms with E-state index in [1.54, 1.807) is 12.0 Å². The Kier molecular flexibility index (Phi) is 27.8. The fourth-order valence-electron chi connectivity index (χ4n) is 4.24. The number of nitrogens with zero attached hydrogens (tertiary/aromatic N) is 1. The standard InChI is InChI=1S/C29H50N2O6S.C6H14O2/c1-6-10-24(19-28(34)35)26(18-23(5)20-37-17-13-22(3)4)30-27(33)12-8-9-14-31(15-16-32)29(36)25(21-38)11-7-2;1-4-6(2,5-7)8-3/h10,16,18,22-23,25,38H,6-9,11-15,17,19-21H2,1-5H3,(H,30,33)(H,34,35);7H,4-5H2,1-3H3/b24-10-,26-18+;. The van der Waals surface area contributed by atoms with Crippen LogP contribution in [0, 0.1) is 17.8 Å². The second kappa shape index (κ2) is 27.9. The van der Waals surface area contributed by atoms with Crippen molar-refractivity contribution in [3.05, 3.63) is 23.4 Å². The zero-order chi connectivity index (χ0) is 35.5. The first kappa shape index (κ1) is 45.9. The van der Waals surface area contributed by atoms with Crippen LogP contribution in [0.2, 0.25) is 0 Å². The third-order valence-electron chi connectivity index (χ3n) is 7.55. The molecular formula is C35H64N2O8S. The molecule has 0 aliphatic carbocycles. The fourth-order valence-corrected chi connectivity index (χ4v) is 4.58. The van der Waals surface area contributed by atoms with Crippen LogP contribution in [0.25, 0.3) is 0 Å². The van der Waals surface area contributed by atoms with E-state index in [1.165, 1.54) is 0 Å². The Morgan fingerprint density at radius 3 is 2.22 bits per heavy atom. The van der Waals surface area contributed by atoms with Gasteiger partial charge in [0.1, 0.15) is 6.29 Å². The maximum Gasteiger partial charge on any atom is 0.307 e. The Morgan fingerprint density at radius 1 is 1.09 bits per heavy atom. The molecule has 0 aromatic carbocycles. The topological polar surface area (TPSA) is 142 Å². The maximum absolute atomic E-state index is 12.8. The van der Waals surface area contributed by atoms with Gasteiger partial charge in [0.25, 0.3) is 0 Å². The van der Waals surface area contributed by atoms with Gasteiger partial charge in [0.2, 0.25) is 11.8 Å². The highest BCUT2D eigenvalue weighted by Gasteiger charge is 2.22. The van der Waals surface area contributed by atoms with Gasteiger partial charge >= 0.3 is 5.97 Å². The van der Waals surface area contributed by atoms with Crippen LogP contribution in [0.5, 0.6) is 0 Å². The molecule has 0 aliphatic heterocycles. The summed E-state index contributed by atoms with van der Waals surface area (Å²) < 4.78 is 10.7. The summed E-state index contributed by atoms with van der Waals surface area (Å²) in [6.45, 7) is 15.7. The number of carboxylic acids is 1. The first-order valence-corrected chi connectivity index (χ1v) is 17.4. The molecule has 0 saturated carbocycles. The molecule has 46 heavy (non-hydrogen) atoms. The van der Waals surface area contributed by atoms with Gasteiger partial charge in [-0.1, -0.05) is 60.1 Å². The number of rotatable bonds is 25. The van der Waals surface area contributed by atoms with E-state index in [0.29, 0.717) is 62.0 Å². The number of hydrogen-bond acceptors (Lipinski definition) is 8. The van der Waals surface area contributed by atoms with Gasteiger partial charge in [0.15, 0.2) is 0 Å². The van der Waals surface area contributed by atoms with Gasteiger partial charge in [-0.15, -0.1) is 0 Å². The monoisotopic (exact) mass is 672 g/mol. The highest BCUT2D eigenvalue weighted by Crippen LogP contribution is 2.18. The summed E-state index contributed by atoms with van der Waals surface area (Å²) in [6.07, 6.45) is 9.58. The average molecular weight is 673 g/mol. The molecule has 0 spiro atoms. The van der Waals surface area contributed by atoms with E-state index >= 15 is 0 Å². The summed E-state index contributed by atoms with van der Waals surface area (Å²) in [5.41, 5.74) is 0.756. The van der Waals surface area contributed by atoms with Crippen LogP contribution >= 0.6 is 12.6 Å². The molecule has 0 fully saturated rings. The zero-order valence-corrected chi connectivity index (χ0v) is 30.7. The number of carbonyl (C=O) groups excluding carboxylic acids is 3. The highest BCUT2D eigenvalue weighted by atomic mass is 32.1. The minimum Gasteiger partial charge on any atom is -0.481 e. The predicted molar refractivity (Wildman–Crippen MR) is 188 cm³/mol.